The van der Waals surface area contributed by atoms with Gasteiger partial charge in [-0.15, -0.1) is 6.58 Å². The zero-order chi connectivity index (χ0) is 30.1. The number of anilines is 2. The molecule has 3 N–H and O–H groups in total. The van der Waals surface area contributed by atoms with Gasteiger partial charge in [-0.25, -0.2) is 9.37 Å². The number of hydrogen-bond acceptors (Lipinski definition) is 9. The minimum atomic E-state index is -4.66. The van der Waals surface area contributed by atoms with E-state index < -0.39 is 23.5 Å². The number of fused-ring (bicyclic) bond motifs is 4. The fourth-order valence-corrected chi connectivity index (χ4v) is 7.61. The molecule has 3 aromatic rings. The first-order valence-electron chi connectivity index (χ1n) is 14.7. The lowest BCUT2D eigenvalue weighted by molar-refractivity contribution is -0.137. The van der Waals surface area contributed by atoms with Crippen LogP contribution in [-0.2, 0) is 6.18 Å². The van der Waals surface area contributed by atoms with Crippen molar-refractivity contribution in [2.24, 2.45) is 0 Å². The summed E-state index contributed by atoms with van der Waals surface area (Å²) in [5.74, 6) is 0.547. The van der Waals surface area contributed by atoms with Crippen LogP contribution in [0.2, 0.25) is 0 Å². The van der Waals surface area contributed by atoms with Gasteiger partial charge >= 0.3 is 12.2 Å². The zero-order valence-corrected chi connectivity index (χ0v) is 23.9. The Morgan fingerprint density at radius 1 is 1.21 bits per heavy atom. The maximum absolute atomic E-state index is 14.4. The third-order valence-electron chi connectivity index (χ3n) is 9.57. The molecule has 4 atom stereocenters. The average molecular weight is 599 g/mol. The summed E-state index contributed by atoms with van der Waals surface area (Å²) < 4.78 is 63.1. The molecule has 3 aromatic heterocycles. The van der Waals surface area contributed by atoms with Crippen LogP contribution in [0.1, 0.15) is 43.2 Å². The van der Waals surface area contributed by atoms with Gasteiger partial charge in [0.2, 0.25) is 0 Å². The van der Waals surface area contributed by atoms with Crippen LogP contribution in [0, 0.1) is 6.92 Å². The smallest absolute Gasteiger partial charge is 0.418 e. The molecular formula is C30H34F4N8O. The van der Waals surface area contributed by atoms with E-state index in [0.29, 0.717) is 42.8 Å². The molecule has 228 valence electrons. The average Bonchev–Trinajstić information content (AvgIpc) is 3.58. The first kappa shape index (κ1) is 28.2. The number of piperazine rings is 1. The van der Waals surface area contributed by atoms with Crippen molar-refractivity contribution in [2.75, 3.05) is 43.4 Å². The highest BCUT2D eigenvalue weighted by molar-refractivity contribution is 5.91. The van der Waals surface area contributed by atoms with Gasteiger partial charge in [0, 0.05) is 38.3 Å². The van der Waals surface area contributed by atoms with Crippen LogP contribution in [-0.4, -0.2) is 80.9 Å². The Kier molecular flexibility index (Phi) is 6.55. The van der Waals surface area contributed by atoms with Gasteiger partial charge in [0.15, 0.2) is 0 Å². The standard InChI is InChI=1S/C30H34F4N8O/c1-3-28-7-5-19(40-28)14-41(15-28)26-20-12-36-22(25-24(30(32,33)34)17(2)9-23(35)38-25)10-21(20)37-27(39-26)43-16-29-6-4-8-42(29)13-18(31)11-29/h3,9-10,12,18-19,40H,1,4-8,11,13-16H2,2H3,(H2,35,38). The fourth-order valence-electron chi connectivity index (χ4n) is 7.61. The van der Waals surface area contributed by atoms with E-state index in [2.05, 4.69) is 36.6 Å². The first-order valence-corrected chi connectivity index (χ1v) is 14.7. The number of ether oxygens (including phenoxy) is 1. The molecule has 9 nitrogen and oxygen atoms in total. The SMILES string of the molecule is C=CC12CCC(CN(c3nc(OCC45CCCN4CC(F)C5)nc4cc(-c5nc(N)cc(C)c5C(F)(F)F)ncc34)C1)N2. The highest BCUT2D eigenvalue weighted by Gasteiger charge is 2.49. The summed E-state index contributed by atoms with van der Waals surface area (Å²) in [5, 5.41) is 4.23. The van der Waals surface area contributed by atoms with Gasteiger partial charge in [0.05, 0.1) is 33.2 Å². The summed E-state index contributed by atoms with van der Waals surface area (Å²) >= 11 is 0. The molecule has 13 heteroatoms. The van der Waals surface area contributed by atoms with E-state index in [4.69, 9.17) is 15.5 Å². The van der Waals surface area contributed by atoms with Crippen molar-refractivity contribution in [1.29, 1.82) is 0 Å². The third-order valence-corrected chi connectivity index (χ3v) is 9.57. The van der Waals surface area contributed by atoms with Crippen LogP contribution < -0.4 is 20.7 Å². The molecule has 4 fully saturated rings. The molecule has 0 radical (unpaired) electrons. The molecule has 7 rings (SSSR count). The molecule has 0 saturated carbocycles. The first-order chi connectivity index (χ1) is 20.5. The second kappa shape index (κ2) is 9.98. The lowest BCUT2D eigenvalue weighted by Crippen LogP contribution is -2.58. The van der Waals surface area contributed by atoms with Gasteiger partial charge in [0.1, 0.15) is 30.1 Å². The summed E-state index contributed by atoms with van der Waals surface area (Å²) in [5.41, 5.74) is 4.25. The third kappa shape index (κ3) is 4.86. The van der Waals surface area contributed by atoms with Gasteiger partial charge in [-0.05, 0) is 56.8 Å². The van der Waals surface area contributed by atoms with Crippen molar-refractivity contribution in [2.45, 2.75) is 68.5 Å². The van der Waals surface area contributed by atoms with Crippen molar-refractivity contribution in [3.8, 4) is 17.4 Å². The highest BCUT2D eigenvalue weighted by atomic mass is 19.4. The van der Waals surface area contributed by atoms with E-state index in [1.165, 1.54) is 25.3 Å². The maximum Gasteiger partial charge on any atom is 0.418 e. The number of pyridine rings is 2. The van der Waals surface area contributed by atoms with Crippen LogP contribution in [0.25, 0.3) is 22.3 Å². The minimum absolute atomic E-state index is 0.00890. The number of rotatable bonds is 6. The summed E-state index contributed by atoms with van der Waals surface area (Å²) in [7, 11) is 0. The molecule has 4 saturated heterocycles. The van der Waals surface area contributed by atoms with Gasteiger partial charge in [-0.1, -0.05) is 6.08 Å². The van der Waals surface area contributed by atoms with Crippen molar-refractivity contribution in [3.05, 3.63) is 42.1 Å². The molecule has 2 bridgehead atoms. The highest BCUT2D eigenvalue weighted by Crippen LogP contribution is 2.42. The molecule has 0 amide bonds. The minimum Gasteiger partial charge on any atom is -0.461 e. The van der Waals surface area contributed by atoms with E-state index in [-0.39, 0.29) is 47.0 Å². The molecular weight excluding hydrogens is 564 g/mol. The Balaban J connectivity index is 1.33. The fraction of sp³-hybridized carbons (Fsp3) is 0.533. The van der Waals surface area contributed by atoms with Gasteiger partial charge < -0.3 is 20.7 Å². The lowest BCUT2D eigenvalue weighted by Gasteiger charge is -2.40. The van der Waals surface area contributed by atoms with E-state index in [9.17, 15) is 17.6 Å². The van der Waals surface area contributed by atoms with E-state index in [1.807, 2.05) is 6.08 Å². The van der Waals surface area contributed by atoms with E-state index >= 15 is 0 Å². The van der Waals surface area contributed by atoms with Gasteiger partial charge in [0.25, 0.3) is 0 Å². The van der Waals surface area contributed by atoms with E-state index in [0.717, 1.165) is 32.2 Å². The lowest BCUT2D eigenvalue weighted by atomic mass is 9.95. The number of nitrogens with zero attached hydrogens (tertiary/aromatic N) is 6. The molecule has 43 heavy (non-hydrogen) atoms. The number of nitrogen functional groups attached to an aromatic ring is 1. The second-order valence-corrected chi connectivity index (χ2v) is 12.5. The van der Waals surface area contributed by atoms with Crippen LogP contribution in [0.3, 0.4) is 0 Å². The molecule has 0 aliphatic carbocycles. The Morgan fingerprint density at radius 2 is 2.05 bits per heavy atom. The van der Waals surface area contributed by atoms with Gasteiger partial charge in [-0.2, -0.15) is 23.1 Å². The van der Waals surface area contributed by atoms with Crippen LogP contribution in [0.5, 0.6) is 6.01 Å². The van der Waals surface area contributed by atoms with Crippen molar-refractivity contribution in [3.63, 3.8) is 0 Å². The predicted molar refractivity (Wildman–Crippen MR) is 155 cm³/mol. The molecule has 4 aliphatic heterocycles. The predicted octanol–water partition coefficient (Wildman–Crippen LogP) is 4.45. The number of aromatic nitrogens is 4. The number of alkyl halides is 4. The summed E-state index contributed by atoms with van der Waals surface area (Å²) in [4.78, 5) is 22.2. The van der Waals surface area contributed by atoms with Crippen molar-refractivity contribution >= 4 is 22.5 Å². The summed E-state index contributed by atoms with van der Waals surface area (Å²) in [6.07, 6.45) is 1.97. The number of aryl methyl sites for hydroxylation is 1. The zero-order valence-electron chi connectivity index (χ0n) is 23.9. The summed E-state index contributed by atoms with van der Waals surface area (Å²) in [6.45, 7) is 8.13. The van der Waals surface area contributed by atoms with Crippen molar-refractivity contribution < 1.29 is 22.3 Å². The topological polar surface area (TPSA) is 105 Å². The van der Waals surface area contributed by atoms with E-state index in [1.54, 1.807) is 0 Å². The number of nitrogens with one attached hydrogen (secondary N) is 1. The quantitative estimate of drug-likeness (QED) is 0.315. The Morgan fingerprint density at radius 3 is 2.84 bits per heavy atom. The molecule has 0 spiro atoms. The van der Waals surface area contributed by atoms with Crippen LogP contribution in [0.15, 0.2) is 31.0 Å². The monoisotopic (exact) mass is 598 g/mol. The summed E-state index contributed by atoms with van der Waals surface area (Å²) in [6, 6.07) is 3.00. The van der Waals surface area contributed by atoms with Crippen molar-refractivity contribution in [1.82, 2.24) is 30.2 Å². The number of nitrogens with two attached hydrogens (primary N) is 1. The molecule has 7 heterocycles. The maximum atomic E-state index is 14.4. The largest absolute Gasteiger partial charge is 0.461 e. The van der Waals surface area contributed by atoms with Crippen LogP contribution in [0.4, 0.5) is 29.2 Å². The van der Waals surface area contributed by atoms with Gasteiger partial charge in [-0.3, -0.25) is 9.88 Å². The normalized spacial score (nSPS) is 28.9. The molecule has 4 aliphatic rings. The number of hydrogen-bond donors (Lipinski definition) is 2. The Hall–Kier alpha value is -3.58. The Labute approximate surface area is 246 Å². The Bertz CT molecular complexity index is 1600. The molecule has 0 aromatic carbocycles. The van der Waals surface area contributed by atoms with Crippen LogP contribution >= 0.6 is 0 Å². The second-order valence-electron chi connectivity index (χ2n) is 12.5. The number of halogens is 4. The molecule has 4 unspecified atom stereocenters.